The molecule has 0 bridgehead atoms. The molecular formula is C18H22N2O3. The first-order valence-electron chi connectivity index (χ1n) is 7.95. The highest BCUT2D eigenvalue weighted by Gasteiger charge is 2.47. The standard InChI is InChI=1S/C18H22N2O3/c1-12(2)11-20-8-7-18(17(20)22)6-5-13-9-14(16(21)19-23)3-4-15(13)10-18/h3-4,9,23H,1,5-8,10-11H2,2H3,(H,19,21). The number of hydrogen-bond donors (Lipinski definition) is 2. The number of hydrogen-bond acceptors (Lipinski definition) is 3. The Labute approximate surface area is 135 Å². The van der Waals surface area contributed by atoms with Gasteiger partial charge in [-0.3, -0.25) is 14.8 Å². The molecule has 122 valence electrons. The zero-order valence-electron chi connectivity index (χ0n) is 13.4. The largest absolute Gasteiger partial charge is 0.338 e. The maximum Gasteiger partial charge on any atom is 0.274 e. The fourth-order valence-electron chi connectivity index (χ4n) is 3.83. The SMILES string of the molecule is C=C(C)CN1CCC2(CCc3cc(C(=O)NO)ccc3C2)C1=O. The first-order chi connectivity index (χ1) is 10.9. The van der Waals surface area contributed by atoms with E-state index >= 15 is 0 Å². The van der Waals surface area contributed by atoms with Gasteiger partial charge >= 0.3 is 0 Å². The predicted octanol–water partition coefficient (Wildman–Crippen LogP) is 2.09. The molecule has 1 atom stereocenters. The molecule has 5 heteroatoms. The highest BCUT2D eigenvalue weighted by atomic mass is 16.5. The number of nitrogens with zero attached hydrogens (tertiary/aromatic N) is 1. The predicted molar refractivity (Wildman–Crippen MR) is 86.2 cm³/mol. The Morgan fingerprint density at radius 1 is 1.39 bits per heavy atom. The van der Waals surface area contributed by atoms with Gasteiger partial charge in [0.2, 0.25) is 5.91 Å². The van der Waals surface area contributed by atoms with Crippen LogP contribution in [0.2, 0.25) is 0 Å². The van der Waals surface area contributed by atoms with Crippen LogP contribution in [0.25, 0.3) is 0 Å². The maximum atomic E-state index is 12.8. The van der Waals surface area contributed by atoms with Crippen LogP contribution >= 0.6 is 0 Å². The zero-order valence-corrected chi connectivity index (χ0v) is 13.4. The summed E-state index contributed by atoms with van der Waals surface area (Å²) in [5.74, 6) is -0.263. The second kappa shape index (κ2) is 5.81. The van der Waals surface area contributed by atoms with Crippen molar-refractivity contribution in [1.82, 2.24) is 10.4 Å². The van der Waals surface area contributed by atoms with E-state index < -0.39 is 5.91 Å². The Morgan fingerprint density at radius 2 is 2.17 bits per heavy atom. The molecule has 1 unspecified atom stereocenters. The molecule has 23 heavy (non-hydrogen) atoms. The first-order valence-corrected chi connectivity index (χ1v) is 7.95. The third kappa shape index (κ3) is 2.77. The lowest BCUT2D eigenvalue weighted by Gasteiger charge is -2.33. The van der Waals surface area contributed by atoms with E-state index in [1.165, 1.54) is 0 Å². The van der Waals surface area contributed by atoms with Crippen molar-refractivity contribution in [3.8, 4) is 0 Å². The Bertz CT molecular complexity index is 683. The van der Waals surface area contributed by atoms with Crippen molar-refractivity contribution in [2.75, 3.05) is 13.1 Å². The lowest BCUT2D eigenvalue weighted by molar-refractivity contribution is -0.136. The number of aryl methyl sites for hydroxylation is 1. The van der Waals surface area contributed by atoms with Gasteiger partial charge in [-0.1, -0.05) is 18.2 Å². The Balaban J connectivity index is 1.82. The lowest BCUT2D eigenvalue weighted by atomic mass is 9.70. The van der Waals surface area contributed by atoms with Gasteiger partial charge in [0, 0.05) is 18.7 Å². The minimum Gasteiger partial charge on any atom is -0.338 e. The molecule has 1 fully saturated rings. The normalized spacial score (nSPS) is 23.0. The highest BCUT2D eigenvalue weighted by molar-refractivity contribution is 5.93. The molecule has 2 amide bonds. The van der Waals surface area contributed by atoms with Gasteiger partial charge in [0.1, 0.15) is 0 Å². The quantitative estimate of drug-likeness (QED) is 0.510. The van der Waals surface area contributed by atoms with Crippen LogP contribution in [0.4, 0.5) is 0 Å². The molecule has 1 aliphatic heterocycles. The molecule has 3 rings (SSSR count). The maximum absolute atomic E-state index is 12.8. The van der Waals surface area contributed by atoms with Crippen LogP contribution in [0.1, 0.15) is 41.3 Å². The topological polar surface area (TPSA) is 69.6 Å². The van der Waals surface area contributed by atoms with Crippen LogP contribution in [0, 0.1) is 5.41 Å². The molecular weight excluding hydrogens is 292 g/mol. The summed E-state index contributed by atoms with van der Waals surface area (Å²) in [7, 11) is 0. The fourth-order valence-corrected chi connectivity index (χ4v) is 3.83. The van der Waals surface area contributed by atoms with E-state index in [-0.39, 0.29) is 11.3 Å². The molecule has 1 aliphatic carbocycles. The minimum atomic E-state index is -0.502. The monoisotopic (exact) mass is 314 g/mol. The zero-order chi connectivity index (χ0) is 16.6. The van der Waals surface area contributed by atoms with E-state index in [0.29, 0.717) is 12.1 Å². The van der Waals surface area contributed by atoms with E-state index in [9.17, 15) is 9.59 Å². The van der Waals surface area contributed by atoms with Crippen molar-refractivity contribution in [2.45, 2.75) is 32.6 Å². The summed E-state index contributed by atoms with van der Waals surface area (Å²) < 4.78 is 0. The number of benzene rings is 1. The average molecular weight is 314 g/mol. The Morgan fingerprint density at radius 3 is 2.87 bits per heavy atom. The van der Waals surface area contributed by atoms with Crippen LogP contribution < -0.4 is 5.48 Å². The van der Waals surface area contributed by atoms with E-state index in [4.69, 9.17) is 5.21 Å². The van der Waals surface area contributed by atoms with Crippen LogP contribution in [0.3, 0.4) is 0 Å². The van der Waals surface area contributed by atoms with Gasteiger partial charge in [-0.2, -0.15) is 0 Å². The Kier molecular flexibility index (Phi) is 3.98. The summed E-state index contributed by atoms with van der Waals surface area (Å²) in [5.41, 5.74) is 5.06. The van der Waals surface area contributed by atoms with Gasteiger partial charge in [-0.05, 0) is 55.9 Å². The van der Waals surface area contributed by atoms with Gasteiger partial charge in [0.25, 0.3) is 5.91 Å². The molecule has 1 heterocycles. The smallest absolute Gasteiger partial charge is 0.274 e. The lowest BCUT2D eigenvalue weighted by Crippen LogP contribution is -2.39. The van der Waals surface area contributed by atoms with E-state index in [2.05, 4.69) is 6.58 Å². The third-order valence-corrected chi connectivity index (χ3v) is 5.03. The number of amides is 2. The fraction of sp³-hybridized carbons (Fsp3) is 0.444. The van der Waals surface area contributed by atoms with Gasteiger partial charge < -0.3 is 4.90 Å². The van der Waals surface area contributed by atoms with Crippen molar-refractivity contribution in [1.29, 1.82) is 0 Å². The first kappa shape index (κ1) is 15.7. The molecule has 1 saturated heterocycles. The number of hydroxylamine groups is 1. The highest BCUT2D eigenvalue weighted by Crippen LogP contribution is 2.44. The summed E-state index contributed by atoms with van der Waals surface area (Å²) in [6.07, 6.45) is 3.22. The summed E-state index contributed by atoms with van der Waals surface area (Å²) in [5, 5.41) is 8.74. The molecule has 0 aromatic heterocycles. The van der Waals surface area contributed by atoms with Gasteiger partial charge in [-0.25, -0.2) is 5.48 Å². The second-order valence-electron chi connectivity index (χ2n) is 6.82. The summed E-state index contributed by atoms with van der Waals surface area (Å²) >= 11 is 0. The summed E-state index contributed by atoms with van der Waals surface area (Å²) in [6.45, 7) is 7.29. The van der Waals surface area contributed by atoms with E-state index in [1.54, 1.807) is 11.5 Å². The molecule has 0 saturated carbocycles. The number of fused-ring (bicyclic) bond motifs is 1. The molecule has 5 nitrogen and oxygen atoms in total. The van der Waals surface area contributed by atoms with Crippen LogP contribution in [-0.4, -0.2) is 35.0 Å². The van der Waals surface area contributed by atoms with Crippen LogP contribution in [-0.2, 0) is 17.6 Å². The molecule has 1 spiro atoms. The van der Waals surface area contributed by atoms with Crippen LogP contribution in [0.5, 0.6) is 0 Å². The number of carbonyl (C=O) groups excluding carboxylic acids is 2. The second-order valence-corrected chi connectivity index (χ2v) is 6.82. The van der Waals surface area contributed by atoms with Crippen molar-refractivity contribution in [2.24, 2.45) is 5.41 Å². The molecule has 0 radical (unpaired) electrons. The molecule has 1 aromatic rings. The van der Waals surface area contributed by atoms with Crippen molar-refractivity contribution in [3.63, 3.8) is 0 Å². The summed E-state index contributed by atoms with van der Waals surface area (Å²) in [6, 6.07) is 5.43. The van der Waals surface area contributed by atoms with Gasteiger partial charge in [0.15, 0.2) is 0 Å². The molecule has 2 N–H and O–H groups in total. The molecule has 2 aliphatic rings. The van der Waals surface area contributed by atoms with Crippen molar-refractivity contribution < 1.29 is 14.8 Å². The van der Waals surface area contributed by atoms with Gasteiger partial charge in [-0.15, -0.1) is 0 Å². The van der Waals surface area contributed by atoms with E-state index in [1.807, 2.05) is 24.0 Å². The Hall–Kier alpha value is -2.14. The van der Waals surface area contributed by atoms with E-state index in [0.717, 1.165) is 48.9 Å². The van der Waals surface area contributed by atoms with Crippen LogP contribution in [0.15, 0.2) is 30.4 Å². The minimum absolute atomic E-state index is 0.239. The number of likely N-dealkylation sites (tertiary alicyclic amines) is 1. The number of carbonyl (C=O) groups is 2. The van der Waals surface area contributed by atoms with Crippen molar-refractivity contribution >= 4 is 11.8 Å². The van der Waals surface area contributed by atoms with Crippen molar-refractivity contribution in [3.05, 3.63) is 47.0 Å². The third-order valence-electron chi connectivity index (χ3n) is 5.03. The molecule has 1 aromatic carbocycles. The van der Waals surface area contributed by atoms with Gasteiger partial charge in [0.05, 0.1) is 5.41 Å². The number of nitrogens with one attached hydrogen (secondary N) is 1. The number of rotatable bonds is 3. The summed E-state index contributed by atoms with van der Waals surface area (Å²) in [4.78, 5) is 26.3. The average Bonchev–Trinajstić information content (AvgIpc) is 2.82.